The smallest absolute Gasteiger partial charge is 0.245 e. The van der Waals surface area contributed by atoms with Crippen LogP contribution in [-0.2, 0) is 40.0 Å². The molecule has 0 bridgehead atoms. The van der Waals surface area contributed by atoms with Crippen LogP contribution in [0.1, 0.15) is 78.2 Å². The molecule has 1 fully saturated rings. The molecular formula is C40H63N9O8S. The highest BCUT2D eigenvalue weighted by atomic mass is 32.2. The summed E-state index contributed by atoms with van der Waals surface area (Å²) in [5.41, 5.74) is 12.8. The van der Waals surface area contributed by atoms with Crippen LogP contribution in [0.5, 0.6) is 0 Å². The summed E-state index contributed by atoms with van der Waals surface area (Å²) in [6.45, 7) is 7.21. The number of amides is 7. The van der Waals surface area contributed by atoms with E-state index in [1.807, 2.05) is 38.1 Å². The predicted octanol–water partition coefficient (Wildman–Crippen LogP) is 0.187. The Balaban J connectivity index is 2.04. The molecule has 1 aliphatic rings. The van der Waals surface area contributed by atoms with Crippen LogP contribution in [0.25, 0.3) is 10.9 Å². The Morgan fingerprint density at radius 1 is 0.879 bits per heavy atom. The van der Waals surface area contributed by atoms with Gasteiger partial charge in [-0.3, -0.25) is 33.6 Å². The van der Waals surface area contributed by atoms with Gasteiger partial charge in [0.1, 0.15) is 30.2 Å². The first-order valence-electron chi connectivity index (χ1n) is 20.1. The third-order valence-electron chi connectivity index (χ3n) is 10.9. The number of likely N-dealkylation sites (N-methyl/N-ethyl adjacent to an activating group) is 1. The Morgan fingerprint density at radius 2 is 1.50 bits per heavy atom. The average Bonchev–Trinajstić information content (AvgIpc) is 3.61. The number of primary amides is 1. The maximum atomic E-state index is 14.1. The zero-order valence-corrected chi connectivity index (χ0v) is 35.1. The van der Waals surface area contributed by atoms with E-state index >= 15 is 0 Å². The van der Waals surface area contributed by atoms with Gasteiger partial charge in [0.2, 0.25) is 41.4 Å². The largest absolute Gasteiger partial charge is 0.394 e. The van der Waals surface area contributed by atoms with Gasteiger partial charge in [0.25, 0.3) is 0 Å². The molecule has 8 atom stereocenters. The second-order valence-corrected chi connectivity index (χ2v) is 16.3. The average molecular weight is 830 g/mol. The number of hydrogen-bond donors (Lipinski definition) is 9. The lowest BCUT2D eigenvalue weighted by Crippen LogP contribution is -2.62. The zero-order chi connectivity index (χ0) is 42.9. The van der Waals surface area contributed by atoms with Crippen molar-refractivity contribution in [2.24, 2.45) is 23.3 Å². The van der Waals surface area contributed by atoms with Crippen LogP contribution in [0, 0.1) is 11.8 Å². The number of aromatic nitrogens is 1. The number of nitrogens with one attached hydrogen (secondary N) is 6. The molecule has 2 heterocycles. The first kappa shape index (κ1) is 47.7. The molecule has 0 unspecified atom stereocenters. The van der Waals surface area contributed by atoms with E-state index < -0.39 is 95.9 Å². The Labute approximate surface area is 344 Å². The van der Waals surface area contributed by atoms with Gasteiger partial charge in [-0.15, -0.1) is 0 Å². The number of rotatable bonds is 14. The number of para-hydroxylation sites is 1. The number of aliphatic hydroxyl groups excluding tert-OH is 1. The van der Waals surface area contributed by atoms with Crippen LogP contribution in [0.3, 0.4) is 0 Å². The summed E-state index contributed by atoms with van der Waals surface area (Å²) >= 11 is 1.35. The highest BCUT2D eigenvalue weighted by molar-refractivity contribution is 7.99. The van der Waals surface area contributed by atoms with E-state index in [0.717, 1.165) is 16.5 Å². The van der Waals surface area contributed by atoms with Gasteiger partial charge in [-0.2, -0.15) is 11.8 Å². The van der Waals surface area contributed by atoms with Crippen LogP contribution >= 0.6 is 11.8 Å². The molecule has 1 aromatic carbocycles. The second kappa shape index (κ2) is 23.7. The van der Waals surface area contributed by atoms with Gasteiger partial charge >= 0.3 is 0 Å². The topological polar surface area (TPSA) is 271 Å². The SMILES string of the molecule is CC[C@@H](C)[C@@H]1NC(=O)[C@H]([C@@H](C)CC)NC(=O)[C@@H](Cc2c[nH]c3ccccc23)NC(=O)CCSCC[C@@H](C(=O)N(C)[C@H](CO)CCCN)NC(=O)[C@H](CC(N)=O)NC1=O. The Kier molecular flexibility index (Phi) is 19.5. The van der Waals surface area contributed by atoms with Crippen molar-refractivity contribution in [3.8, 4) is 0 Å². The number of nitrogens with zero attached hydrogens (tertiary/aromatic N) is 1. The normalized spacial score (nSPS) is 23.6. The van der Waals surface area contributed by atoms with Crippen LogP contribution < -0.4 is 38.1 Å². The van der Waals surface area contributed by atoms with E-state index in [9.17, 15) is 38.7 Å². The lowest BCUT2D eigenvalue weighted by Gasteiger charge is -2.32. The van der Waals surface area contributed by atoms with Crippen molar-refractivity contribution in [1.29, 1.82) is 0 Å². The molecule has 1 saturated heterocycles. The third-order valence-corrected chi connectivity index (χ3v) is 11.9. The molecule has 7 amide bonds. The summed E-state index contributed by atoms with van der Waals surface area (Å²) in [5.74, 6) is -4.90. The molecule has 322 valence electrons. The number of thioether (sulfide) groups is 1. The third kappa shape index (κ3) is 13.7. The number of hydrogen-bond acceptors (Lipinski definition) is 10. The van der Waals surface area contributed by atoms with E-state index in [1.54, 1.807) is 20.0 Å². The van der Waals surface area contributed by atoms with Crippen LogP contribution in [0.15, 0.2) is 30.5 Å². The minimum atomic E-state index is -1.50. The zero-order valence-electron chi connectivity index (χ0n) is 34.3. The molecule has 0 spiro atoms. The molecule has 1 aromatic heterocycles. The summed E-state index contributed by atoms with van der Waals surface area (Å²) in [4.78, 5) is 100. The Bertz CT molecular complexity index is 1720. The summed E-state index contributed by atoms with van der Waals surface area (Å²) in [6, 6.07) is 0.972. The predicted molar refractivity (Wildman–Crippen MR) is 223 cm³/mol. The molecule has 0 aliphatic carbocycles. The van der Waals surface area contributed by atoms with Gasteiger partial charge in [0.15, 0.2) is 0 Å². The van der Waals surface area contributed by atoms with Crippen molar-refractivity contribution in [1.82, 2.24) is 36.5 Å². The molecule has 58 heavy (non-hydrogen) atoms. The van der Waals surface area contributed by atoms with Crippen molar-refractivity contribution in [2.75, 3.05) is 31.7 Å². The van der Waals surface area contributed by atoms with Crippen LogP contribution in [0.2, 0.25) is 0 Å². The van der Waals surface area contributed by atoms with E-state index in [0.29, 0.717) is 43.7 Å². The number of nitrogens with two attached hydrogens (primary N) is 2. The Hall–Kier alpha value is -4.68. The lowest BCUT2D eigenvalue weighted by molar-refractivity contribution is -0.139. The van der Waals surface area contributed by atoms with Crippen LogP contribution in [0.4, 0.5) is 0 Å². The van der Waals surface area contributed by atoms with Crippen molar-refractivity contribution in [3.63, 3.8) is 0 Å². The number of H-pyrrole nitrogens is 1. The van der Waals surface area contributed by atoms with Crippen molar-refractivity contribution in [3.05, 3.63) is 36.0 Å². The number of aliphatic hydroxyl groups is 1. The fraction of sp³-hybridized carbons (Fsp3) is 0.625. The molecule has 11 N–H and O–H groups in total. The molecule has 0 radical (unpaired) electrons. The number of benzene rings is 1. The fourth-order valence-electron chi connectivity index (χ4n) is 6.75. The van der Waals surface area contributed by atoms with Gasteiger partial charge in [0.05, 0.1) is 19.1 Å². The highest BCUT2D eigenvalue weighted by Crippen LogP contribution is 2.21. The Morgan fingerprint density at radius 3 is 2.12 bits per heavy atom. The highest BCUT2D eigenvalue weighted by Gasteiger charge is 2.37. The quantitative estimate of drug-likeness (QED) is 0.125. The first-order chi connectivity index (χ1) is 27.6. The molecular weight excluding hydrogens is 767 g/mol. The molecule has 0 saturated carbocycles. The minimum Gasteiger partial charge on any atom is -0.394 e. The first-order valence-corrected chi connectivity index (χ1v) is 21.3. The van der Waals surface area contributed by atoms with E-state index in [2.05, 4.69) is 31.6 Å². The fourth-order valence-corrected chi connectivity index (χ4v) is 7.69. The lowest BCUT2D eigenvalue weighted by atomic mass is 9.94. The summed E-state index contributed by atoms with van der Waals surface area (Å²) in [7, 11) is 1.51. The number of aromatic amines is 1. The minimum absolute atomic E-state index is 0.0253. The number of carbonyl (C=O) groups excluding carboxylic acids is 7. The monoisotopic (exact) mass is 829 g/mol. The van der Waals surface area contributed by atoms with Gasteiger partial charge in [-0.25, -0.2) is 0 Å². The van der Waals surface area contributed by atoms with Crippen molar-refractivity contribution < 1.29 is 38.7 Å². The van der Waals surface area contributed by atoms with Gasteiger partial charge < -0.3 is 53.0 Å². The van der Waals surface area contributed by atoms with E-state index in [-0.39, 0.29) is 25.9 Å². The van der Waals surface area contributed by atoms with Crippen LogP contribution in [-0.4, -0.2) is 124 Å². The van der Waals surface area contributed by atoms with Crippen molar-refractivity contribution >= 4 is 64.0 Å². The molecule has 17 nitrogen and oxygen atoms in total. The maximum Gasteiger partial charge on any atom is 0.245 e. The summed E-state index contributed by atoms with van der Waals surface area (Å²) < 4.78 is 0. The number of carbonyl (C=O) groups is 7. The standard InChI is InChI=1S/C40H63N9O8S/c1-6-23(3)34-38(55)46-31(20-32(42)51)36(53)45-29(40(57)49(5)26(22-50)11-10-16-41)14-17-58-18-15-33(52)44-30(19-25-21-43-28-13-9-8-12-27(25)28)37(54)47-35(24(4)7-2)39(56)48-34/h8-9,12-13,21,23-24,26,29-31,34-35,43,50H,6-7,10-11,14-20,22,41H2,1-5H3,(H2,42,51)(H,44,52)(H,45,53)(H,46,55)(H,47,54)(H,48,56)/t23-,24+,26+,29+,30-,31+,34+,35+/m1/s1. The second-order valence-electron chi connectivity index (χ2n) is 15.1. The van der Waals surface area contributed by atoms with Gasteiger partial charge in [0, 0.05) is 42.7 Å². The van der Waals surface area contributed by atoms with Gasteiger partial charge in [-0.1, -0.05) is 58.7 Å². The molecule has 18 heteroatoms. The maximum absolute atomic E-state index is 14.1. The molecule has 1 aliphatic heterocycles. The van der Waals surface area contributed by atoms with Gasteiger partial charge in [-0.05, 0) is 55.0 Å². The molecule has 3 rings (SSSR count). The summed E-state index contributed by atoms with van der Waals surface area (Å²) in [5, 5.41) is 24.7. The van der Waals surface area contributed by atoms with E-state index in [4.69, 9.17) is 11.5 Å². The number of fused-ring (bicyclic) bond motifs is 1. The van der Waals surface area contributed by atoms with Crippen molar-refractivity contribution in [2.45, 2.75) is 115 Å². The van der Waals surface area contributed by atoms with E-state index in [1.165, 1.54) is 23.7 Å². The summed E-state index contributed by atoms with van der Waals surface area (Å²) in [6.07, 6.45) is 3.31. The molecule has 2 aromatic rings.